The van der Waals surface area contributed by atoms with Crippen molar-refractivity contribution in [2.75, 3.05) is 19.7 Å². The summed E-state index contributed by atoms with van der Waals surface area (Å²) in [5, 5.41) is 15.0. The molecule has 0 spiro atoms. The fraction of sp³-hybridized carbons (Fsp3) is 0.296. The molecule has 32 heavy (non-hydrogen) atoms. The minimum atomic E-state index is -0.616. The summed E-state index contributed by atoms with van der Waals surface area (Å²) in [5.41, 5.74) is 4.32. The third-order valence-corrected chi connectivity index (χ3v) is 5.54. The molecule has 0 saturated carbocycles. The van der Waals surface area contributed by atoms with Crippen LogP contribution in [0.25, 0.3) is 0 Å². The van der Waals surface area contributed by atoms with E-state index in [4.69, 9.17) is 9.57 Å². The Morgan fingerprint density at radius 2 is 1.69 bits per heavy atom. The summed E-state index contributed by atoms with van der Waals surface area (Å²) in [6, 6.07) is 28.3. The summed E-state index contributed by atoms with van der Waals surface area (Å²) in [7, 11) is 0. The number of hydrogen-bond donors (Lipinski definition) is 1. The van der Waals surface area contributed by atoms with E-state index in [1.54, 1.807) is 0 Å². The molecule has 0 fully saturated rings. The van der Waals surface area contributed by atoms with Gasteiger partial charge in [-0.15, -0.1) is 0 Å². The van der Waals surface area contributed by atoms with E-state index < -0.39 is 6.10 Å². The summed E-state index contributed by atoms with van der Waals surface area (Å²) in [6.07, 6.45) is 0.0955. The van der Waals surface area contributed by atoms with Gasteiger partial charge >= 0.3 is 0 Å². The van der Waals surface area contributed by atoms with Gasteiger partial charge in [0, 0.05) is 26.1 Å². The lowest BCUT2D eigenvalue weighted by atomic mass is 10.0. The molecule has 5 nitrogen and oxygen atoms in total. The zero-order chi connectivity index (χ0) is 22.2. The number of aliphatic hydroxyl groups is 1. The molecule has 1 N–H and O–H groups in total. The first-order valence-electron chi connectivity index (χ1n) is 11.1. The van der Waals surface area contributed by atoms with Gasteiger partial charge in [-0.25, -0.2) is 0 Å². The largest absolute Gasteiger partial charge is 0.491 e. The summed E-state index contributed by atoms with van der Waals surface area (Å²) in [5.74, 6) is 0.807. The molecule has 1 aliphatic heterocycles. The van der Waals surface area contributed by atoms with Crippen molar-refractivity contribution in [2.45, 2.75) is 32.1 Å². The van der Waals surface area contributed by atoms with Crippen LogP contribution in [0, 0.1) is 6.92 Å². The molecule has 0 amide bonds. The van der Waals surface area contributed by atoms with Crippen molar-refractivity contribution in [1.29, 1.82) is 0 Å². The van der Waals surface area contributed by atoms with Gasteiger partial charge in [0.2, 0.25) is 0 Å². The Bertz CT molecular complexity index is 1010. The van der Waals surface area contributed by atoms with E-state index in [1.807, 2.05) is 67.6 Å². The molecule has 3 aromatic rings. The summed E-state index contributed by atoms with van der Waals surface area (Å²) in [4.78, 5) is 7.97. The van der Waals surface area contributed by atoms with Crippen molar-refractivity contribution in [3.63, 3.8) is 0 Å². The zero-order valence-electron chi connectivity index (χ0n) is 18.4. The first-order valence-corrected chi connectivity index (χ1v) is 11.1. The molecule has 0 bridgehead atoms. The van der Waals surface area contributed by atoms with Crippen LogP contribution >= 0.6 is 0 Å². The van der Waals surface area contributed by atoms with Crippen LogP contribution in [-0.4, -0.2) is 47.6 Å². The van der Waals surface area contributed by atoms with Crippen molar-refractivity contribution < 1.29 is 14.7 Å². The fourth-order valence-electron chi connectivity index (χ4n) is 3.92. The molecule has 3 aromatic carbocycles. The molecule has 166 valence electrons. The Kier molecular flexibility index (Phi) is 7.54. The zero-order valence-corrected chi connectivity index (χ0v) is 18.4. The van der Waals surface area contributed by atoms with Crippen LogP contribution in [0.2, 0.25) is 0 Å². The number of ether oxygens (including phenoxy) is 1. The second-order valence-electron chi connectivity index (χ2n) is 8.25. The summed E-state index contributed by atoms with van der Waals surface area (Å²) >= 11 is 0. The van der Waals surface area contributed by atoms with Gasteiger partial charge in [0.1, 0.15) is 24.6 Å². The lowest BCUT2D eigenvalue weighted by molar-refractivity contribution is 0.0212. The van der Waals surface area contributed by atoms with Gasteiger partial charge in [-0.2, -0.15) is 0 Å². The predicted octanol–water partition coefficient (Wildman–Crippen LogP) is 4.43. The van der Waals surface area contributed by atoms with Crippen molar-refractivity contribution in [1.82, 2.24) is 4.90 Å². The van der Waals surface area contributed by atoms with Crippen molar-refractivity contribution in [3.8, 4) is 5.75 Å². The Hall–Kier alpha value is -3.15. The topological polar surface area (TPSA) is 54.3 Å². The molecule has 2 atom stereocenters. The van der Waals surface area contributed by atoms with E-state index in [-0.39, 0.29) is 12.7 Å². The highest BCUT2D eigenvalue weighted by molar-refractivity contribution is 6.01. The third-order valence-electron chi connectivity index (χ3n) is 5.54. The van der Waals surface area contributed by atoms with Gasteiger partial charge in [0.25, 0.3) is 0 Å². The first kappa shape index (κ1) is 22.1. The van der Waals surface area contributed by atoms with E-state index in [2.05, 4.69) is 34.3 Å². The Morgan fingerprint density at radius 1 is 1.00 bits per heavy atom. The minimum absolute atomic E-state index is 0.0431. The van der Waals surface area contributed by atoms with Crippen molar-refractivity contribution >= 4 is 5.71 Å². The lowest BCUT2D eigenvalue weighted by Crippen LogP contribution is -2.39. The molecule has 1 heterocycles. The number of para-hydroxylation sites is 1. The average molecular weight is 431 g/mol. The molecule has 2 unspecified atom stereocenters. The van der Waals surface area contributed by atoms with Crippen LogP contribution in [0.15, 0.2) is 90.1 Å². The molecular formula is C27H30N2O3. The quantitative estimate of drug-likeness (QED) is 0.517. The number of rotatable bonds is 10. The van der Waals surface area contributed by atoms with Crippen LogP contribution in [0.5, 0.6) is 5.75 Å². The van der Waals surface area contributed by atoms with Gasteiger partial charge in [-0.1, -0.05) is 84.0 Å². The minimum Gasteiger partial charge on any atom is -0.491 e. The predicted molar refractivity (Wildman–Crippen MR) is 127 cm³/mol. The smallest absolute Gasteiger partial charge is 0.145 e. The molecule has 0 aliphatic carbocycles. The van der Waals surface area contributed by atoms with E-state index in [1.165, 1.54) is 5.56 Å². The second-order valence-corrected chi connectivity index (χ2v) is 8.25. The maximum absolute atomic E-state index is 10.7. The third kappa shape index (κ3) is 6.19. The van der Waals surface area contributed by atoms with E-state index in [0.717, 1.165) is 35.6 Å². The number of aliphatic hydroxyl groups excluding tert-OH is 1. The molecule has 1 aliphatic rings. The van der Waals surface area contributed by atoms with Crippen LogP contribution in [0.3, 0.4) is 0 Å². The lowest BCUT2D eigenvalue weighted by Gasteiger charge is -2.27. The SMILES string of the molecule is Cc1ccccc1OCC(O)CN(Cc1ccccc1)CC1CC(c2ccccc2)=NO1. The Labute approximate surface area is 189 Å². The number of aryl methyl sites for hydroxylation is 1. The van der Waals surface area contributed by atoms with E-state index in [0.29, 0.717) is 13.1 Å². The standard InChI is InChI=1S/C27H30N2O3/c1-21-10-8-9-15-27(21)31-20-24(30)18-29(17-22-11-4-2-5-12-22)19-25-16-26(28-32-25)23-13-6-3-7-14-23/h2-15,24-25,30H,16-20H2,1H3. The Balaban J connectivity index is 1.36. The first-order chi connectivity index (χ1) is 15.7. The molecule has 0 saturated heterocycles. The van der Waals surface area contributed by atoms with Crippen LogP contribution in [-0.2, 0) is 11.4 Å². The highest BCUT2D eigenvalue weighted by atomic mass is 16.6. The number of nitrogens with zero attached hydrogens (tertiary/aromatic N) is 2. The number of hydrogen-bond acceptors (Lipinski definition) is 5. The Morgan fingerprint density at radius 3 is 2.44 bits per heavy atom. The maximum Gasteiger partial charge on any atom is 0.145 e. The van der Waals surface area contributed by atoms with E-state index >= 15 is 0 Å². The maximum atomic E-state index is 10.7. The van der Waals surface area contributed by atoms with E-state index in [9.17, 15) is 5.11 Å². The highest BCUT2D eigenvalue weighted by Gasteiger charge is 2.25. The molecule has 4 rings (SSSR count). The van der Waals surface area contributed by atoms with Gasteiger partial charge in [0.15, 0.2) is 0 Å². The highest BCUT2D eigenvalue weighted by Crippen LogP contribution is 2.20. The van der Waals surface area contributed by atoms with Gasteiger partial charge < -0.3 is 14.7 Å². The molecule has 0 aromatic heterocycles. The van der Waals surface area contributed by atoms with Crippen LogP contribution in [0.1, 0.15) is 23.1 Å². The monoisotopic (exact) mass is 430 g/mol. The van der Waals surface area contributed by atoms with Gasteiger partial charge in [-0.05, 0) is 29.7 Å². The normalized spacial score (nSPS) is 16.5. The molecular weight excluding hydrogens is 400 g/mol. The summed E-state index contributed by atoms with van der Waals surface area (Å²) < 4.78 is 5.86. The average Bonchev–Trinajstić information content (AvgIpc) is 3.28. The molecule has 5 heteroatoms. The second kappa shape index (κ2) is 10.9. The number of benzene rings is 3. The van der Waals surface area contributed by atoms with Crippen molar-refractivity contribution in [3.05, 3.63) is 102 Å². The van der Waals surface area contributed by atoms with Crippen LogP contribution in [0.4, 0.5) is 0 Å². The summed E-state index contributed by atoms with van der Waals surface area (Å²) in [6.45, 7) is 4.14. The molecule has 0 radical (unpaired) electrons. The fourth-order valence-corrected chi connectivity index (χ4v) is 3.92. The van der Waals surface area contributed by atoms with Gasteiger partial charge in [-0.3, -0.25) is 4.90 Å². The van der Waals surface area contributed by atoms with Crippen molar-refractivity contribution in [2.24, 2.45) is 5.16 Å². The van der Waals surface area contributed by atoms with Crippen LogP contribution < -0.4 is 4.74 Å². The number of oxime groups is 1. The van der Waals surface area contributed by atoms with Gasteiger partial charge in [0.05, 0.1) is 5.71 Å².